The fraction of sp³-hybridized carbons (Fsp3) is 0.306. The summed E-state index contributed by atoms with van der Waals surface area (Å²) in [5, 5.41) is 6.00. The van der Waals surface area contributed by atoms with E-state index < -0.39 is 4.75 Å². The number of fused-ring (bicyclic) bond motifs is 3. The predicted molar refractivity (Wildman–Crippen MR) is 184 cm³/mol. The first-order valence-electron chi connectivity index (χ1n) is 16.0. The molecule has 2 aromatic carbocycles. The van der Waals surface area contributed by atoms with Crippen LogP contribution < -0.4 is 20.4 Å². The molecule has 1 saturated heterocycles. The molecule has 7 rings (SSSR count). The number of pyridine rings is 1. The quantitative estimate of drug-likeness (QED) is 0.273. The number of para-hydroxylation sites is 1. The summed E-state index contributed by atoms with van der Waals surface area (Å²) in [7, 11) is 1.90. The van der Waals surface area contributed by atoms with Gasteiger partial charge in [-0.15, -0.1) is 11.8 Å². The van der Waals surface area contributed by atoms with Gasteiger partial charge in [-0.2, -0.15) is 0 Å². The van der Waals surface area contributed by atoms with E-state index in [-0.39, 0.29) is 23.6 Å². The van der Waals surface area contributed by atoms with E-state index in [9.17, 15) is 14.4 Å². The number of carbonyl (C=O) groups is 3. The van der Waals surface area contributed by atoms with Gasteiger partial charge in [0.1, 0.15) is 11.6 Å². The van der Waals surface area contributed by atoms with Gasteiger partial charge in [-0.1, -0.05) is 24.3 Å². The van der Waals surface area contributed by atoms with Crippen molar-refractivity contribution in [1.82, 2.24) is 19.9 Å². The number of anilines is 3. The van der Waals surface area contributed by atoms with E-state index in [4.69, 9.17) is 0 Å². The molecule has 3 aliphatic heterocycles. The molecule has 0 spiro atoms. The van der Waals surface area contributed by atoms with Crippen molar-refractivity contribution in [2.75, 3.05) is 34.8 Å². The lowest BCUT2D eigenvalue weighted by Gasteiger charge is -2.31. The zero-order valence-corrected chi connectivity index (χ0v) is 27.3. The van der Waals surface area contributed by atoms with E-state index >= 15 is 0 Å². The molecule has 1 fully saturated rings. The van der Waals surface area contributed by atoms with Crippen LogP contribution in [-0.2, 0) is 23.1 Å². The highest BCUT2D eigenvalue weighted by Gasteiger charge is 2.47. The average Bonchev–Trinajstić information content (AvgIpc) is 3.84. The third-order valence-corrected chi connectivity index (χ3v) is 10.9. The molecule has 2 aromatic heterocycles. The van der Waals surface area contributed by atoms with Gasteiger partial charge in [0.25, 0.3) is 17.7 Å². The smallest absolute Gasteiger partial charge is 0.259 e. The SMILES string of the molecule is Cn1ccnc1CNC(=O)C1=C[C@@H]2CCN(C(=O)c3ccc(NC(=O)c4cccnc4N4CCCC4)cc3)c3ccccc3C2(C)S1. The number of imidazole rings is 1. The highest BCUT2D eigenvalue weighted by molar-refractivity contribution is 8.05. The number of thioether (sulfide) groups is 1. The number of aromatic nitrogens is 3. The Morgan fingerprint density at radius 1 is 0.936 bits per heavy atom. The van der Waals surface area contributed by atoms with Gasteiger partial charge in [-0.3, -0.25) is 14.4 Å². The molecular weight excluding hydrogens is 611 g/mol. The number of allylic oxidation sites excluding steroid dienone is 1. The second kappa shape index (κ2) is 12.7. The van der Waals surface area contributed by atoms with Crippen LogP contribution in [0.25, 0.3) is 0 Å². The van der Waals surface area contributed by atoms with E-state index in [1.165, 1.54) is 0 Å². The first-order chi connectivity index (χ1) is 22.8. The van der Waals surface area contributed by atoms with Crippen molar-refractivity contribution in [2.24, 2.45) is 13.0 Å². The minimum Gasteiger partial charge on any atom is -0.356 e. The number of benzene rings is 2. The molecular formula is C36H37N7O3S. The van der Waals surface area contributed by atoms with Crippen LogP contribution in [0.5, 0.6) is 0 Å². The maximum Gasteiger partial charge on any atom is 0.259 e. The predicted octanol–water partition coefficient (Wildman–Crippen LogP) is 5.50. The van der Waals surface area contributed by atoms with Crippen LogP contribution in [-0.4, -0.2) is 51.9 Å². The van der Waals surface area contributed by atoms with Gasteiger partial charge in [0, 0.05) is 62.2 Å². The molecule has 3 amide bonds. The molecule has 1 unspecified atom stereocenters. The van der Waals surface area contributed by atoms with E-state index in [2.05, 4.69) is 44.6 Å². The zero-order chi connectivity index (χ0) is 32.5. The fourth-order valence-electron chi connectivity index (χ4n) is 6.76. The molecule has 11 heteroatoms. The Labute approximate surface area is 278 Å². The van der Waals surface area contributed by atoms with Gasteiger partial charge < -0.3 is 25.0 Å². The molecule has 0 radical (unpaired) electrons. The van der Waals surface area contributed by atoms with Crippen LogP contribution in [0.2, 0.25) is 0 Å². The van der Waals surface area contributed by atoms with Gasteiger partial charge >= 0.3 is 0 Å². The van der Waals surface area contributed by atoms with E-state index in [0.717, 1.165) is 43.0 Å². The summed E-state index contributed by atoms with van der Waals surface area (Å²) < 4.78 is 1.48. The molecule has 47 heavy (non-hydrogen) atoms. The molecule has 240 valence electrons. The van der Waals surface area contributed by atoms with E-state index in [1.54, 1.807) is 60.6 Å². The van der Waals surface area contributed by atoms with Crippen molar-refractivity contribution in [1.29, 1.82) is 0 Å². The van der Waals surface area contributed by atoms with Crippen molar-refractivity contribution in [2.45, 2.75) is 37.5 Å². The Morgan fingerprint density at radius 2 is 1.72 bits per heavy atom. The molecule has 4 aromatic rings. The van der Waals surface area contributed by atoms with Gasteiger partial charge in [0.15, 0.2) is 0 Å². The zero-order valence-electron chi connectivity index (χ0n) is 26.5. The standard InChI is InChI=1S/C36H37N7O3S/c1-36-25(22-30(47-36)34(45)39-23-31-37-17-21-41(31)2)15-20-43(29-10-4-3-9-28(29)36)35(46)24-11-13-26(14-12-24)40-33(44)27-8-7-16-38-32(27)42-18-5-6-19-42/h3-4,7-14,16-17,21-22,25H,5-6,15,18-20,23H2,1-2H3,(H,39,45)(H,40,44)/t25-,36?/m0/s1. The van der Waals surface area contributed by atoms with Crippen LogP contribution >= 0.6 is 11.8 Å². The first-order valence-corrected chi connectivity index (χ1v) is 16.8. The summed E-state index contributed by atoms with van der Waals surface area (Å²) in [5.41, 5.74) is 3.55. The number of hydrogen-bond acceptors (Lipinski definition) is 7. The number of amides is 3. The molecule has 0 saturated carbocycles. The lowest BCUT2D eigenvalue weighted by Crippen LogP contribution is -2.32. The van der Waals surface area contributed by atoms with Crippen LogP contribution in [0.1, 0.15) is 58.3 Å². The molecule has 5 heterocycles. The Balaban J connectivity index is 1.06. The number of rotatable bonds is 7. The largest absolute Gasteiger partial charge is 0.356 e. The average molecular weight is 648 g/mol. The Kier molecular flexibility index (Phi) is 8.31. The first kappa shape index (κ1) is 30.7. The number of nitrogens with zero attached hydrogens (tertiary/aromatic N) is 5. The third-order valence-electron chi connectivity index (χ3n) is 9.40. The van der Waals surface area contributed by atoms with Gasteiger partial charge in [0.2, 0.25) is 0 Å². The van der Waals surface area contributed by atoms with Crippen molar-refractivity contribution in [3.05, 3.63) is 113 Å². The highest BCUT2D eigenvalue weighted by Crippen LogP contribution is 2.57. The maximum atomic E-state index is 14.0. The monoisotopic (exact) mass is 647 g/mol. The Bertz CT molecular complexity index is 1860. The van der Waals surface area contributed by atoms with Crippen molar-refractivity contribution in [3.63, 3.8) is 0 Å². The van der Waals surface area contributed by atoms with Crippen molar-refractivity contribution < 1.29 is 14.4 Å². The van der Waals surface area contributed by atoms with Gasteiger partial charge in [0.05, 0.1) is 21.8 Å². The molecule has 3 aliphatic rings. The molecule has 2 N–H and O–H groups in total. The molecule has 10 nitrogen and oxygen atoms in total. The number of carbonyl (C=O) groups excluding carboxylic acids is 3. The maximum absolute atomic E-state index is 14.0. The van der Waals surface area contributed by atoms with Crippen LogP contribution in [0.4, 0.5) is 17.2 Å². The Morgan fingerprint density at radius 3 is 2.49 bits per heavy atom. The summed E-state index contributed by atoms with van der Waals surface area (Å²) >= 11 is 1.56. The molecule has 0 aliphatic carbocycles. The van der Waals surface area contributed by atoms with E-state index in [1.807, 2.05) is 40.9 Å². The number of nitrogens with one attached hydrogen (secondary N) is 2. The minimum absolute atomic E-state index is 0.0656. The summed E-state index contributed by atoms with van der Waals surface area (Å²) in [4.78, 5) is 53.9. The molecule has 2 atom stereocenters. The summed E-state index contributed by atoms with van der Waals surface area (Å²) in [6.45, 7) is 4.82. The highest BCUT2D eigenvalue weighted by atomic mass is 32.2. The van der Waals surface area contributed by atoms with E-state index in [0.29, 0.717) is 47.0 Å². The van der Waals surface area contributed by atoms with Crippen LogP contribution in [0.3, 0.4) is 0 Å². The topological polar surface area (TPSA) is 112 Å². The van der Waals surface area contributed by atoms with Crippen LogP contribution in [0.15, 0.2) is 90.2 Å². The van der Waals surface area contributed by atoms with Crippen molar-refractivity contribution in [3.8, 4) is 0 Å². The number of aryl methyl sites for hydroxylation is 1. The Hall–Kier alpha value is -4.90. The lowest BCUT2D eigenvalue weighted by molar-refractivity contribution is -0.117. The lowest BCUT2D eigenvalue weighted by atomic mass is 9.85. The minimum atomic E-state index is -0.407. The van der Waals surface area contributed by atoms with Crippen molar-refractivity contribution >= 4 is 46.7 Å². The third kappa shape index (κ3) is 5.91. The second-order valence-corrected chi connectivity index (χ2v) is 13.8. The van der Waals surface area contributed by atoms with Gasteiger partial charge in [-0.05, 0) is 80.1 Å². The summed E-state index contributed by atoms with van der Waals surface area (Å²) in [6.07, 6.45) is 10.3. The summed E-state index contributed by atoms with van der Waals surface area (Å²) in [5.74, 6) is 1.12. The number of hydrogen-bond donors (Lipinski definition) is 2. The summed E-state index contributed by atoms with van der Waals surface area (Å²) in [6, 6.07) is 18.6. The van der Waals surface area contributed by atoms with Gasteiger partial charge in [-0.25, -0.2) is 9.97 Å². The molecule has 0 bridgehead atoms. The second-order valence-electron chi connectivity index (χ2n) is 12.3. The van der Waals surface area contributed by atoms with Crippen LogP contribution in [0, 0.1) is 5.92 Å². The fourth-order valence-corrected chi connectivity index (χ4v) is 8.24. The normalized spacial score (nSPS) is 20.2.